The molecule has 0 fully saturated rings. The van der Waals surface area contributed by atoms with Gasteiger partial charge < -0.3 is 15.5 Å². The monoisotopic (exact) mass is 310 g/mol. The Morgan fingerprint density at radius 2 is 1.96 bits per heavy atom. The van der Waals surface area contributed by atoms with Crippen LogP contribution in [-0.2, 0) is 4.79 Å². The molecular weight excluding hydrogens is 292 g/mol. The van der Waals surface area contributed by atoms with Crippen LogP contribution in [0.3, 0.4) is 0 Å². The molecule has 0 saturated heterocycles. The number of hydrogen-bond acceptors (Lipinski definition) is 4. The highest BCUT2D eigenvalue weighted by atomic mass is 16.5. The second-order valence-electron chi connectivity index (χ2n) is 5.47. The van der Waals surface area contributed by atoms with Crippen molar-refractivity contribution in [3.63, 3.8) is 0 Å². The average Bonchev–Trinajstić information content (AvgIpc) is 2.93. The largest absolute Gasteiger partial charge is 0.497 e. The van der Waals surface area contributed by atoms with Gasteiger partial charge in [-0.25, -0.2) is 4.98 Å². The first-order valence-corrected chi connectivity index (χ1v) is 7.35. The van der Waals surface area contributed by atoms with Crippen LogP contribution in [0.25, 0.3) is 22.4 Å². The zero-order valence-electron chi connectivity index (χ0n) is 13.0. The maximum Gasteiger partial charge on any atom is 0.218 e. The fraction of sp³-hybridized carbons (Fsp3) is 0.235. The van der Waals surface area contributed by atoms with Crippen molar-refractivity contribution >= 4 is 17.1 Å². The predicted octanol–water partition coefficient (Wildman–Crippen LogP) is 2.61. The number of nitrogens with one attached hydrogen (secondary N) is 1. The lowest BCUT2D eigenvalue weighted by molar-refractivity contribution is -0.118. The molecule has 3 aromatic rings. The normalized spacial score (nSPS) is 12.3. The van der Waals surface area contributed by atoms with Gasteiger partial charge in [0.1, 0.15) is 11.3 Å². The fourth-order valence-corrected chi connectivity index (χ4v) is 2.80. The minimum absolute atomic E-state index is 0.0601. The van der Waals surface area contributed by atoms with E-state index in [2.05, 4.69) is 15.0 Å². The summed E-state index contributed by atoms with van der Waals surface area (Å²) in [6.45, 7) is 1.97. The molecule has 3 N–H and O–H groups in total. The first kappa shape index (κ1) is 15.0. The van der Waals surface area contributed by atoms with Crippen LogP contribution in [0.1, 0.15) is 24.8 Å². The number of nitrogens with zero attached hydrogens (tertiary/aromatic N) is 2. The van der Waals surface area contributed by atoms with E-state index in [9.17, 15) is 4.79 Å². The van der Waals surface area contributed by atoms with Gasteiger partial charge in [-0.3, -0.25) is 9.78 Å². The van der Waals surface area contributed by atoms with Crippen LogP contribution in [0, 0.1) is 0 Å². The average molecular weight is 310 g/mol. The summed E-state index contributed by atoms with van der Waals surface area (Å²) in [7, 11) is 1.63. The summed E-state index contributed by atoms with van der Waals surface area (Å²) in [6, 6.07) is 7.71. The van der Waals surface area contributed by atoms with E-state index in [1.165, 1.54) is 0 Å². The lowest BCUT2D eigenvalue weighted by atomic mass is 9.94. The maximum atomic E-state index is 11.3. The van der Waals surface area contributed by atoms with Crippen LogP contribution in [0.15, 0.2) is 36.7 Å². The Morgan fingerprint density at radius 1 is 1.26 bits per heavy atom. The summed E-state index contributed by atoms with van der Waals surface area (Å²) < 4.78 is 5.20. The van der Waals surface area contributed by atoms with Gasteiger partial charge in [-0.2, -0.15) is 0 Å². The molecule has 6 heteroatoms. The first-order valence-electron chi connectivity index (χ1n) is 7.35. The molecular formula is C17H18N4O2. The van der Waals surface area contributed by atoms with Gasteiger partial charge in [0.25, 0.3) is 0 Å². The van der Waals surface area contributed by atoms with E-state index in [1.807, 2.05) is 31.2 Å². The number of nitrogens with two attached hydrogens (primary N) is 1. The Hall–Kier alpha value is -2.89. The number of H-pyrrole nitrogens is 1. The standard InChI is InChI=1S/C17H18N4O2/c1-10(9-13(18)22)14-15(11-3-5-12(23-2)6-4-11)21-17-16(14)19-7-8-20-17/h3-8,10H,9H2,1-2H3,(H2,18,22)(H,20,21). The Kier molecular flexibility index (Phi) is 3.97. The third-order valence-corrected chi connectivity index (χ3v) is 3.84. The summed E-state index contributed by atoms with van der Waals surface area (Å²) in [6.07, 6.45) is 3.54. The Balaban J connectivity index is 2.16. The minimum atomic E-state index is -0.337. The Labute approximate surface area is 133 Å². The van der Waals surface area contributed by atoms with Gasteiger partial charge in [0, 0.05) is 24.4 Å². The van der Waals surface area contributed by atoms with Crippen molar-refractivity contribution in [1.29, 1.82) is 0 Å². The quantitative estimate of drug-likeness (QED) is 0.757. The molecule has 23 heavy (non-hydrogen) atoms. The van der Waals surface area contributed by atoms with E-state index in [-0.39, 0.29) is 18.2 Å². The van der Waals surface area contributed by atoms with E-state index < -0.39 is 0 Å². The second-order valence-corrected chi connectivity index (χ2v) is 5.47. The molecule has 1 aromatic carbocycles. The van der Waals surface area contributed by atoms with E-state index in [0.717, 1.165) is 28.1 Å². The first-order chi connectivity index (χ1) is 11.1. The Morgan fingerprint density at radius 3 is 2.61 bits per heavy atom. The van der Waals surface area contributed by atoms with Crippen LogP contribution < -0.4 is 10.5 Å². The van der Waals surface area contributed by atoms with Gasteiger partial charge in [-0.15, -0.1) is 0 Å². The van der Waals surface area contributed by atoms with Gasteiger partial charge in [0.05, 0.1) is 12.8 Å². The van der Waals surface area contributed by atoms with Gasteiger partial charge in [-0.05, 0) is 35.7 Å². The number of rotatable bonds is 5. The highest BCUT2D eigenvalue weighted by Crippen LogP contribution is 2.35. The van der Waals surface area contributed by atoms with Crippen molar-refractivity contribution < 1.29 is 9.53 Å². The maximum absolute atomic E-state index is 11.3. The van der Waals surface area contributed by atoms with E-state index in [0.29, 0.717) is 5.65 Å². The van der Waals surface area contributed by atoms with Crippen LogP contribution in [-0.4, -0.2) is 28.0 Å². The third kappa shape index (κ3) is 2.88. The van der Waals surface area contributed by atoms with Crippen LogP contribution in [0.4, 0.5) is 0 Å². The molecule has 2 aromatic heterocycles. The van der Waals surface area contributed by atoms with Gasteiger partial charge in [0.2, 0.25) is 5.91 Å². The summed E-state index contributed by atoms with van der Waals surface area (Å²) in [5.74, 6) is 0.388. The van der Waals surface area contributed by atoms with Crippen molar-refractivity contribution in [3.05, 3.63) is 42.2 Å². The SMILES string of the molecule is COc1ccc(-c2[nH]c3nccnc3c2C(C)CC(N)=O)cc1. The smallest absolute Gasteiger partial charge is 0.218 e. The van der Waals surface area contributed by atoms with Crippen LogP contribution >= 0.6 is 0 Å². The molecule has 118 valence electrons. The van der Waals surface area contributed by atoms with Crippen molar-refractivity contribution in [2.45, 2.75) is 19.3 Å². The number of amides is 1. The van der Waals surface area contributed by atoms with Gasteiger partial charge in [-0.1, -0.05) is 6.92 Å². The molecule has 2 heterocycles. The molecule has 0 radical (unpaired) electrons. The molecule has 0 aliphatic heterocycles. The summed E-state index contributed by atoms with van der Waals surface area (Å²) in [4.78, 5) is 23.4. The fourth-order valence-electron chi connectivity index (χ4n) is 2.80. The van der Waals surface area contributed by atoms with E-state index in [4.69, 9.17) is 10.5 Å². The highest BCUT2D eigenvalue weighted by molar-refractivity contribution is 5.87. The summed E-state index contributed by atoms with van der Waals surface area (Å²) in [5.41, 5.74) is 9.68. The van der Waals surface area contributed by atoms with Crippen molar-refractivity contribution in [1.82, 2.24) is 15.0 Å². The van der Waals surface area contributed by atoms with Crippen molar-refractivity contribution in [3.8, 4) is 17.0 Å². The van der Waals surface area contributed by atoms with Crippen LogP contribution in [0.5, 0.6) is 5.75 Å². The molecule has 0 saturated carbocycles. The molecule has 0 aliphatic carbocycles. The summed E-state index contributed by atoms with van der Waals surface area (Å²) >= 11 is 0. The van der Waals surface area contributed by atoms with E-state index in [1.54, 1.807) is 19.5 Å². The molecule has 0 bridgehead atoms. The van der Waals surface area contributed by atoms with Crippen LogP contribution in [0.2, 0.25) is 0 Å². The van der Waals surface area contributed by atoms with Crippen molar-refractivity contribution in [2.75, 3.05) is 7.11 Å². The molecule has 6 nitrogen and oxygen atoms in total. The number of carbonyl (C=O) groups excluding carboxylic acids is 1. The number of aromatic amines is 1. The number of carbonyl (C=O) groups is 1. The molecule has 1 atom stereocenters. The molecule has 3 rings (SSSR count). The zero-order chi connectivity index (χ0) is 16.4. The van der Waals surface area contributed by atoms with Gasteiger partial charge in [0.15, 0.2) is 5.65 Å². The topological polar surface area (TPSA) is 93.9 Å². The lowest BCUT2D eigenvalue weighted by Crippen LogP contribution is -2.14. The number of aromatic nitrogens is 3. The van der Waals surface area contributed by atoms with Gasteiger partial charge >= 0.3 is 0 Å². The number of fused-ring (bicyclic) bond motifs is 1. The zero-order valence-corrected chi connectivity index (χ0v) is 13.0. The molecule has 1 unspecified atom stereocenters. The third-order valence-electron chi connectivity index (χ3n) is 3.84. The number of benzene rings is 1. The van der Waals surface area contributed by atoms with Crippen molar-refractivity contribution in [2.24, 2.45) is 5.73 Å². The predicted molar refractivity (Wildman–Crippen MR) is 88.1 cm³/mol. The molecule has 1 amide bonds. The number of methoxy groups -OCH3 is 1. The summed E-state index contributed by atoms with van der Waals surface area (Å²) in [5, 5.41) is 0. The lowest BCUT2D eigenvalue weighted by Gasteiger charge is -2.11. The highest BCUT2D eigenvalue weighted by Gasteiger charge is 2.21. The van der Waals surface area contributed by atoms with E-state index >= 15 is 0 Å². The number of primary amides is 1. The number of hydrogen-bond donors (Lipinski definition) is 2. The molecule has 0 spiro atoms. The number of ether oxygens (including phenoxy) is 1. The minimum Gasteiger partial charge on any atom is -0.497 e. The molecule has 0 aliphatic rings. The Bertz CT molecular complexity index is 839. The second kappa shape index (κ2) is 6.08.